The van der Waals surface area contributed by atoms with Crippen molar-refractivity contribution in [2.24, 2.45) is 5.41 Å². The van der Waals surface area contributed by atoms with Crippen molar-refractivity contribution in [2.45, 2.75) is 25.7 Å². The van der Waals surface area contributed by atoms with E-state index in [9.17, 15) is 9.59 Å². The summed E-state index contributed by atoms with van der Waals surface area (Å²) in [5, 5.41) is 12.3. The molecule has 0 saturated heterocycles. The lowest BCUT2D eigenvalue weighted by Crippen LogP contribution is -2.43. The number of aliphatic carboxylic acids is 1. The Morgan fingerprint density at radius 1 is 1.40 bits per heavy atom. The Labute approximate surface area is 136 Å². The van der Waals surface area contributed by atoms with Gasteiger partial charge in [-0.25, -0.2) is 0 Å². The minimum atomic E-state index is -0.809. The predicted octanol–water partition coefficient (Wildman–Crippen LogP) is 3.32. The van der Waals surface area contributed by atoms with E-state index in [1.807, 2.05) is 0 Å². The van der Waals surface area contributed by atoms with Crippen molar-refractivity contribution < 1.29 is 14.7 Å². The largest absolute Gasteiger partial charge is 0.481 e. The SMILES string of the molecule is O=C(O)CC1(CNC(=O)c2ccc(I)c(Cl)c2)CCC1. The van der Waals surface area contributed by atoms with Gasteiger partial charge in [0.1, 0.15) is 0 Å². The summed E-state index contributed by atoms with van der Waals surface area (Å²) in [6.07, 6.45) is 2.85. The highest BCUT2D eigenvalue weighted by Crippen LogP contribution is 2.43. The van der Waals surface area contributed by atoms with Gasteiger partial charge in [-0.05, 0) is 59.0 Å². The highest BCUT2D eigenvalue weighted by atomic mass is 127. The molecule has 2 rings (SSSR count). The molecule has 0 bridgehead atoms. The van der Waals surface area contributed by atoms with Crippen LogP contribution in [0.1, 0.15) is 36.0 Å². The van der Waals surface area contributed by atoms with Crippen LogP contribution in [0.25, 0.3) is 0 Å². The van der Waals surface area contributed by atoms with Crippen LogP contribution in [0, 0.1) is 8.99 Å². The fraction of sp³-hybridized carbons (Fsp3) is 0.429. The van der Waals surface area contributed by atoms with E-state index in [4.69, 9.17) is 16.7 Å². The molecule has 1 amide bonds. The number of carboxylic acid groups (broad SMARTS) is 1. The predicted molar refractivity (Wildman–Crippen MR) is 85.0 cm³/mol. The maximum atomic E-state index is 12.1. The van der Waals surface area contributed by atoms with Crippen LogP contribution in [0.4, 0.5) is 0 Å². The molecule has 0 heterocycles. The minimum absolute atomic E-state index is 0.112. The molecule has 1 fully saturated rings. The first-order chi connectivity index (χ1) is 9.42. The first-order valence-electron chi connectivity index (χ1n) is 6.37. The highest BCUT2D eigenvalue weighted by molar-refractivity contribution is 14.1. The molecule has 0 aliphatic heterocycles. The van der Waals surface area contributed by atoms with Crippen LogP contribution in [-0.2, 0) is 4.79 Å². The number of halogens is 2. The molecule has 0 atom stereocenters. The van der Waals surface area contributed by atoms with Gasteiger partial charge in [0.25, 0.3) is 5.91 Å². The third-order valence-electron chi connectivity index (χ3n) is 3.75. The molecule has 4 nitrogen and oxygen atoms in total. The zero-order valence-corrected chi connectivity index (χ0v) is 13.7. The number of hydrogen-bond acceptors (Lipinski definition) is 2. The molecular formula is C14H15ClINO3. The second kappa shape index (κ2) is 6.30. The molecule has 0 radical (unpaired) electrons. The van der Waals surface area contributed by atoms with Crippen molar-refractivity contribution in [3.05, 3.63) is 32.4 Å². The van der Waals surface area contributed by atoms with Gasteiger partial charge in [0, 0.05) is 15.7 Å². The van der Waals surface area contributed by atoms with Crippen LogP contribution in [0.5, 0.6) is 0 Å². The molecule has 1 aliphatic carbocycles. The topological polar surface area (TPSA) is 66.4 Å². The van der Waals surface area contributed by atoms with Crippen LogP contribution >= 0.6 is 34.2 Å². The van der Waals surface area contributed by atoms with Crippen LogP contribution in [-0.4, -0.2) is 23.5 Å². The first kappa shape index (κ1) is 15.6. The Morgan fingerprint density at radius 2 is 2.10 bits per heavy atom. The molecule has 2 N–H and O–H groups in total. The Hall–Kier alpha value is -0.820. The fourth-order valence-corrected chi connectivity index (χ4v) is 2.94. The molecule has 1 aromatic rings. The summed E-state index contributed by atoms with van der Waals surface area (Å²) in [5.41, 5.74) is 0.231. The zero-order chi connectivity index (χ0) is 14.8. The Kier molecular flexibility index (Phi) is 4.90. The normalized spacial score (nSPS) is 16.3. The van der Waals surface area contributed by atoms with E-state index in [0.717, 1.165) is 22.8 Å². The average molecular weight is 408 g/mol. The van der Waals surface area contributed by atoms with Crippen molar-refractivity contribution in [3.8, 4) is 0 Å². The molecule has 20 heavy (non-hydrogen) atoms. The lowest BCUT2D eigenvalue weighted by atomic mass is 9.66. The Balaban J connectivity index is 1.97. The number of carboxylic acids is 1. The average Bonchev–Trinajstić information content (AvgIpc) is 2.35. The highest BCUT2D eigenvalue weighted by Gasteiger charge is 2.39. The van der Waals surface area contributed by atoms with Gasteiger partial charge in [-0.15, -0.1) is 0 Å². The van der Waals surface area contributed by atoms with E-state index in [1.54, 1.807) is 18.2 Å². The number of rotatable bonds is 5. The molecule has 6 heteroatoms. The van der Waals surface area contributed by atoms with E-state index in [-0.39, 0.29) is 17.7 Å². The number of nitrogens with one attached hydrogen (secondary N) is 1. The Morgan fingerprint density at radius 3 is 2.60 bits per heavy atom. The molecule has 0 aromatic heterocycles. The summed E-state index contributed by atoms with van der Waals surface area (Å²) >= 11 is 8.09. The lowest BCUT2D eigenvalue weighted by molar-refractivity contribution is -0.141. The van der Waals surface area contributed by atoms with Gasteiger partial charge in [0.2, 0.25) is 0 Å². The van der Waals surface area contributed by atoms with Gasteiger partial charge in [-0.3, -0.25) is 9.59 Å². The maximum absolute atomic E-state index is 12.1. The molecule has 108 valence electrons. The van der Waals surface area contributed by atoms with E-state index < -0.39 is 5.97 Å². The second-order valence-electron chi connectivity index (χ2n) is 5.24. The van der Waals surface area contributed by atoms with E-state index in [2.05, 4.69) is 27.9 Å². The summed E-state index contributed by atoms with van der Waals surface area (Å²) in [6.45, 7) is 0.405. The smallest absolute Gasteiger partial charge is 0.303 e. The summed E-state index contributed by atoms with van der Waals surface area (Å²) in [6, 6.07) is 5.13. The van der Waals surface area contributed by atoms with E-state index in [1.165, 1.54) is 0 Å². The molecule has 0 unspecified atom stereocenters. The van der Waals surface area contributed by atoms with Gasteiger partial charge >= 0.3 is 5.97 Å². The van der Waals surface area contributed by atoms with Crippen molar-refractivity contribution in [1.82, 2.24) is 5.32 Å². The van der Waals surface area contributed by atoms with Crippen molar-refractivity contribution in [2.75, 3.05) is 6.54 Å². The molecule has 0 spiro atoms. The number of hydrogen-bond donors (Lipinski definition) is 2. The van der Waals surface area contributed by atoms with Gasteiger partial charge in [-0.1, -0.05) is 18.0 Å². The number of benzene rings is 1. The van der Waals surface area contributed by atoms with E-state index in [0.29, 0.717) is 17.1 Å². The second-order valence-corrected chi connectivity index (χ2v) is 6.81. The van der Waals surface area contributed by atoms with Gasteiger partial charge in [-0.2, -0.15) is 0 Å². The monoisotopic (exact) mass is 407 g/mol. The van der Waals surface area contributed by atoms with Crippen LogP contribution in [0.15, 0.2) is 18.2 Å². The van der Waals surface area contributed by atoms with Gasteiger partial charge < -0.3 is 10.4 Å². The first-order valence-corrected chi connectivity index (χ1v) is 7.83. The summed E-state index contributed by atoms with van der Waals surface area (Å²) < 4.78 is 0.891. The summed E-state index contributed by atoms with van der Waals surface area (Å²) in [4.78, 5) is 22.9. The van der Waals surface area contributed by atoms with Crippen molar-refractivity contribution >= 4 is 46.1 Å². The van der Waals surface area contributed by atoms with Crippen molar-refractivity contribution in [1.29, 1.82) is 0 Å². The number of carbonyl (C=O) groups excluding carboxylic acids is 1. The standard InChI is InChI=1S/C14H15ClINO3/c15-10-6-9(2-3-11(10)16)13(20)17-8-14(4-1-5-14)7-12(18)19/h2-3,6H,1,4-5,7-8H2,(H,17,20)(H,18,19). The summed E-state index contributed by atoms with van der Waals surface area (Å²) in [7, 11) is 0. The minimum Gasteiger partial charge on any atom is -0.481 e. The van der Waals surface area contributed by atoms with Crippen LogP contribution < -0.4 is 5.32 Å². The number of carbonyl (C=O) groups is 2. The number of amides is 1. The zero-order valence-electron chi connectivity index (χ0n) is 10.8. The maximum Gasteiger partial charge on any atom is 0.303 e. The lowest BCUT2D eigenvalue weighted by Gasteiger charge is -2.40. The van der Waals surface area contributed by atoms with Gasteiger partial charge in [0.05, 0.1) is 11.4 Å². The quantitative estimate of drug-likeness (QED) is 0.736. The van der Waals surface area contributed by atoms with Crippen LogP contribution in [0.2, 0.25) is 5.02 Å². The third kappa shape index (κ3) is 3.63. The van der Waals surface area contributed by atoms with Crippen molar-refractivity contribution in [3.63, 3.8) is 0 Å². The fourth-order valence-electron chi connectivity index (χ4n) is 2.42. The van der Waals surface area contributed by atoms with Gasteiger partial charge in [0.15, 0.2) is 0 Å². The third-order valence-corrected chi connectivity index (χ3v) is 5.32. The Bertz CT molecular complexity index is 543. The summed E-state index contributed by atoms with van der Waals surface area (Å²) in [5.74, 6) is -1.02. The molecule has 1 saturated carbocycles. The van der Waals surface area contributed by atoms with Crippen LogP contribution in [0.3, 0.4) is 0 Å². The molecule has 1 aromatic carbocycles. The molecular weight excluding hydrogens is 393 g/mol. The molecule has 1 aliphatic rings. The van der Waals surface area contributed by atoms with E-state index >= 15 is 0 Å².